The van der Waals surface area contributed by atoms with E-state index in [1.807, 2.05) is 38.4 Å². The summed E-state index contributed by atoms with van der Waals surface area (Å²) in [6.07, 6.45) is 8.92. The van der Waals surface area contributed by atoms with Gasteiger partial charge in [0.2, 0.25) is 5.91 Å². The van der Waals surface area contributed by atoms with Gasteiger partial charge in [-0.25, -0.2) is 0 Å². The summed E-state index contributed by atoms with van der Waals surface area (Å²) in [4.78, 5) is 14.3. The third-order valence-corrected chi connectivity index (χ3v) is 4.98. The van der Waals surface area contributed by atoms with Crippen LogP contribution in [0.1, 0.15) is 44.6 Å². The molecular weight excluding hydrogens is 376 g/mol. The number of nitrogens with zero attached hydrogens (tertiary/aromatic N) is 1. The minimum atomic E-state index is -0.0301. The summed E-state index contributed by atoms with van der Waals surface area (Å²) in [5, 5.41) is 3.11. The van der Waals surface area contributed by atoms with Crippen LogP contribution in [-0.4, -0.2) is 51.2 Å². The first kappa shape index (κ1) is 24.3. The molecule has 28 heavy (non-hydrogen) atoms. The topological polar surface area (TPSA) is 50.8 Å². The van der Waals surface area contributed by atoms with Crippen LogP contribution in [0.25, 0.3) is 6.08 Å². The van der Waals surface area contributed by atoms with Crippen LogP contribution < -0.4 is 14.8 Å². The van der Waals surface area contributed by atoms with Crippen molar-refractivity contribution in [2.75, 3.05) is 34.4 Å². The van der Waals surface area contributed by atoms with Gasteiger partial charge in [0.25, 0.3) is 0 Å². The quantitative estimate of drug-likeness (QED) is 0.490. The van der Waals surface area contributed by atoms with Gasteiger partial charge < -0.3 is 19.7 Å². The average molecular weight is 411 g/mol. The third kappa shape index (κ3) is 8.53. The molecule has 6 heteroatoms. The van der Waals surface area contributed by atoms with Gasteiger partial charge in [-0.3, -0.25) is 4.79 Å². The monoisotopic (exact) mass is 410 g/mol. The maximum atomic E-state index is 12.2. The molecule has 0 aliphatic heterocycles. The maximum Gasteiger partial charge on any atom is 0.244 e. The molecule has 0 unspecified atom stereocenters. The molecule has 1 saturated carbocycles. The van der Waals surface area contributed by atoms with Crippen LogP contribution in [0, 0.1) is 5.92 Å². The number of carbonyl (C=O) groups is 1. The predicted molar refractivity (Wildman–Crippen MR) is 118 cm³/mol. The molecule has 1 aromatic rings. The molecule has 0 saturated heterocycles. The molecule has 0 spiro atoms. The Morgan fingerprint density at radius 1 is 1.21 bits per heavy atom. The molecule has 158 valence electrons. The van der Waals surface area contributed by atoms with Gasteiger partial charge in [0.15, 0.2) is 11.5 Å². The molecule has 1 N–H and O–H groups in total. The van der Waals surface area contributed by atoms with Crippen LogP contribution in [0.2, 0.25) is 0 Å². The van der Waals surface area contributed by atoms with Crippen molar-refractivity contribution in [3.05, 3.63) is 29.8 Å². The van der Waals surface area contributed by atoms with Crippen LogP contribution >= 0.6 is 12.4 Å². The number of nitrogens with one attached hydrogen (secondary N) is 1. The Morgan fingerprint density at radius 2 is 1.93 bits per heavy atom. The summed E-state index contributed by atoms with van der Waals surface area (Å²) in [6.45, 7) is 3.91. The van der Waals surface area contributed by atoms with Crippen molar-refractivity contribution < 1.29 is 14.3 Å². The first-order chi connectivity index (χ1) is 13.0. The van der Waals surface area contributed by atoms with Gasteiger partial charge in [0, 0.05) is 18.7 Å². The van der Waals surface area contributed by atoms with E-state index < -0.39 is 0 Å². The maximum absolute atomic E-state index is 12.2. The molecule has 1 amide bonds. The van der Waals surface area contributed by atoms with E-state index in [4.69, 9.17) is 9.47 Å². The number of benzene rings is 1. The van der Waals surface area contributed by atoms with Gasteiger partial charge in [-0.1, -0.05) is 13.0 Å². The fourth-order valence-electron chi connectivity index (χ4n) is 3.30. The minimum absolute atomic E-state index is 0. The first-order valence-electron chi connectivity index (χ1n) is 9.92. The average Bonchev–Trinajstić information content (AvgIpc) is 2.65. The largest absolute Gasteiger partial charge is 0.493 e. The van der Waals surface area contributed by atoms with Gasteiger partial charge in [-0.05, 0) is 75.9 Å². The Labute approximate surface area is 175 Å². The summed E-state index contributed by atoms with van der Waals surface area (Å²) >= 11 is 0. The fraction of sp³-hybridized carbons (Fsp3) is 0.591. The second-order valence-electron chi connectivity index (χ2n) is 7.71. The Bertz CT molecular complexity index is 626. The molecule has 1 aliphatic carbocycles. The predicted octanol–water partition coefficient (Wildman–Crippen LogP) is 4.16. The summed E-state index contributed by atoms with van der Waals surface area (Å²) in [6, 6.07) is 6.04. The molecule has 1 aromatic carbocycles. The Balaban J connectivity index is 0.00000392. The van der Waals surface area contributed by atoms with Crippen LogP contribution in [0.4, 0.5) is 0 Å². The molecular formula is C22H35ClN2O3. The van der Waals surface area contributed by atoms with Crippen LogP contribution in [0.5, 0.6) is 11.5 Å². The Hall–Kier alpha value is -1.72. The SMILES string of the molecule is COc1cc(/C=C/C(=O)N[C@H]2CC[C@H](C)CC2)ccc1OCCCN(C)C.Cl. The van der Waals surface area contributed by atoms with Gasteiger partial charge in [0.1, 0.15) is 0 Å². The van der Waals surface area contributed by atoms with Crippen molar-refractivity contribution in [3.63, 3.8) is 0 Å². The molecule has 0 atom stereocenters. The number of methoxy groups -OCH3 is 1. The molecule has 1 fully saturated rings. The van der Waals surface area contributed by atoms with Crippen molar-refractivity contribution in [3.8, 4) is 11.5 Å². The Kier molecular flexibility index (Phi) is 11.0. The van der Waals surface area contributed by atoms with E-state index in [-0.39, 0.29) is 18.3 Å². The molecule has 0 aromatic heterocycles. The fourth-order valence-corrected chi connectivity index (χ4v) is 3.30. The van der Waals surface area contributed by atoms with Crippen molar-refractivity contribution in [1.82, 2.24) is 10.2 Å². The van der Waals surface area contributed by atoms with E-state index in [1.54, 1.807) is 13.2 Å². The standard InChI is InChI=1S/C22H34N2O3.ClH/c1-17-6-10-19(11-7-17)23-22(25)13-9-18-8-12-20(21(16-18)26-4)27-15-5-14-24(2)3;/h8-9,12-13,16-17,19H,5-7,10-11,14-15H2,1-4H3,(H,23,25);1H/b13-9+;/t17-,19-;. The Morgan fingerprint density at radius 3 is 2.57 bits per heavy atom. The minimum Gasteiger partial charge on any atom is -0.493 e. The highest BCUT2D eigenvalue weighted by atomic mass is 35.5. The van der Waals surface area contributed by atoms with Crippen LogP contribution in [0.15, 0.2) is 24.3 Å². The van der Waals surface area contributed by atoms with E-state index in [9.17, 15) is 4.79 Å². The highest BCUT2D eigenvalue weighted by Gasteiger charge is 2.18. The number of hydrogen-bond donors (Lipinski definition) is 1. The molecule has 0 heterocycles. The van der Waals surface area contributed by atoms with E-state index in [2.05, 4.69) is 17.1 Å². The van der Waals surface area contributed by atoms with Gasteiger partial charge >= 0.3 is 0 Å². The number of rotatable bonds is 9. The number of hydrogen-bond acceptors (Lipinski definition) is 4. The van der Waals surface area contributed by atoms with E-state index >= 15 is 0 Å². The van der Waals surface area contributed by atoms with Crippen molar-refractivity contribution >= 4 is 24.4 Å². The summed E-state index contributed by atoms with van der Waals surface area (Å²) in [5.41, 5.74) is 0.917. The second-order valence-corrected chi connectivity index (χ2v) is 7.71. The lowest BCUT2D eigenvalue weighted by atomic mass is 9.87. The lowest BCUT2D eigenvalue weighted by molar-refractivity contribution is -0.117. The zero-order valence-corrected chi connectivity index (χ0v) is 18.4. The lowest BCUT2D eigenvalue weighted by Gasteiger charge is -2.26. The van der Waals surface area contributed by atoms with Crippen LogP contribution in [-0.2, 0) is 4.79 Å². The van der Waals surface area contributed by atoms with E-state index in [0.29, 0.717) is 18.4 Å². The molecule has 5 nitrogen and oxygen atoms in total. The third-order valence-electron chi connectivity index (χ3n) is 4.98. The zero-order chi connectivity index (χ0) is 19.6. The number of ether oxygens (including phenoxy) is 2. The van der Waals surface area contributed by atoms with Crippen molar-refractivity contribution in [2.45, 2.75) is 45.1 Å². The zero-order valence-electron chi connectivity index (χ0n) is 17.6. The molecule has 1 aliphatic rings. The summed E-state index contributed by atoms with van der Waals surface area (Å²) < 4.78 is 11.2. The smallest absolute Gasteiger partial charge is 0.244 e. The molecule has 2 rings (SSSR count). The number of amides is 1. The van der Waals surface area contributed by atoms with E-state index in [1.165, 1.54) is 12.8 Å². The number of carbonyl (C=O) groups excluding carboxylic acids is 1. The summed E-state index contributed by atoms with van der Waals surface area (Å²) in [5.74, 6) is 2.17. The highest BCUT2D eigenvalue weighted by molar-refractivity contribution is 5.92. The van der Waals surface area contributed by atoms with Crippen molar-refractivity contribution in [2.24, 2.45) is 5.92 Å². The second kappa shape index (κ2) is 12.7. The van der Waals surface area contributed by atoms with Crippen molar-refractivity contribution in [1.29, 1.82) is 0 Å². The summed E-state index contributed by atoms with van der Waals surface area (Å²) in [7, 11) is 5.73. The van der Waals surface area contributed by atoms with Crippen LogP contribution in [0.3, 0.4) is 0 Å². The number of halogens is 1. The van der Waals surface area contributed by atoms with Gasteiger partial charge in [-0.15, -0.1) is 12.4 Å². The highest BCUT2D eigenvalue weighted by Crippen LogP contribution is 2.28. The van der Waals surface area contributed by atoms with Gasteiger partial charge in [0.05, 0.1) is 13.7 Å². The van der Waals surface area contributed by atoms with E-state index in [0.717, 1.165) is 43.0 Å². The normalized spacial score (nSPS) is 19.3. The van der Waals surface area contributed by atoms with Gasteiger partial charge in [-0.2, -0.15) is 0 Å². The molecule has 0 radical (unpaired) electrons. The lowest BCUT2D eigenvalue weighted by Crippen LogP contribution is -2.36. The molecule has 0 bridgehead atoms. The first-order valence-corrected chi connectivity index (χ1v) is 9.92.